The highest BCUT2D eigenvalue weighted by Crippen LogP contribution is 2.23. The summed E-state index contributed by atoms with van der Waals surface area (Å²) in [7, 11) is -4.92. The van der Waals surface area contributed by atoms with Crippen molar-refractivity contribution in [2.24, 2.45) is 0 Å². The molecular weight excluding hydrogens is 295 g/mol. The van der Waals surface area contributed by atoms with Crippen LogP contribution in [0.3, 0.4) is 0 Å². The summed E-state index contributed by atoms with van der Waals surface area (Å²) in [5, 5.41) is 0. The Morgan fingerprint density at radius 2 is 1.89 bits per heavy atom. The number of hydrogen-bond donors (Lipinski definition) is 0. The fourth-order valence-electron chi connectivity index (χ4n) is 1.15. The van der Waals surface area contributed by atoms with Gasteiger partial charge in [0.1, 0.15) is 6.61 Å². The molecule has 0 atom stereocenters. The highest BCUT2D eigenvalue weighted by molar-refractivity contribution is 7.86. The smallest absolute Gasteiger partial charge is 0.332 e. The van der Waals surface area contributed by atoms with Crippen LogP contribution in [0.15, 0.2) is 29.2 Å². The summed E-state index contributed by atoms with van der Waals surface area (Å²) in [6.07, 6.45) is -3.86. The van der Waals surface area contributed by atoms with Gasteiger partial charge in [-0.15, -0.1) is 3.89 Å². The van der Waals surface area contributed by atoms with Gasteiger partial charge in [0.05, 0.1) is 11.5 Å². The molecule has 0 amide bonds. The van der Waals surface area contributed by atoms with Gasteiger partial charge in [-0.2, -0.15) is 17.2 Å². The molecule has 0 aliphatic rings. The molecule has 0 spiro atoms. The normalized spacial score (nSPS) is 12.9. The summed E-state index contributed by atoms with van der Waals surface area (Å²) >= 11 is 0. The second-order valence-electron chi connectivity index (χ2n) is 3.64. The van der Waals surface area contributed by atoms with Crippen LogP contribution >= 0.6 is 0 Å². The fourth-order valence-corrected chi connectivity index (χ4v) is 1.69. The van der Waals surface area contributed by atoms with E-state index >= 15 is 0 Å². The molecule has 0 heterocycles. The number of benzene rings is 1. The molecule has 1 rings (SSSR count). The maximum atomic E-state index is 12.6. The quantitative estimate of drug-likeness (QED) is 0.599. The molecule has 0 saturated carbocycles. The van der Waals surface area contributed by atoms with Crippen LogP contribution in [0, 0.1) is 0 Å². The van der Waals surface area contributed by atoms with E-state index in [2.05, 4.69) is 4.74 Å². The summed E-state index contributed by atoms with van der Waals surface area (Å²) < 4.78 is 86.7. The molecule has 0 N–H and O–H groups in total. The minimum Gasteiger partial charge on any atom is -0.370 e. The van der Waals surface area contributed by atoms with Crippen molar-refractivity contribution in [3.05, 3.63) is 29.8 Å². The van der Waals surface area contributed by atoms with Crippen molar-refractivity contribution < 1.29 is 34.6 Å². The van der Waals surface area contributed by atoms with Crippen molar-refractivity contribution in [3.63, 3.8) is 0 Å². The third kappa shape index (κ3) is 4.75. The monoisotopic (exact) mass is 304 g/mol. The van der Waals surface area contributed by atoms with Crippen LogP contribution in [0.2, 0.25) is 0 Å². The first kappa shape index (κ1) is 15.8. The molecule has 1 aromatic carbocycles. The van der Waals surface area contributed by atoms with Gasteiger partial charge in [0, 0.05) is 0 Å². The first-order chi connectivity index (χ1) is 8.63. The number of rotatable bonds is 6. The van der Waals surface area contributed by atoms with Gasteiger partial charge in [-0.25, -0.2) is 8.78 Å². The maximum Gasteiger partial charge on any atom is 0.332 e. The van der Waals surface area contributed by atoms with Crippen LogP contribution < -0.4 is 0 Å². The van der Waals surface area contributed by atoms with Crippen molar-refractivity contribution in [1.29, 1.82) is 0 Å². The van der Waals surface area contributed by atoms with Crippen molar-refractivity contribution >= 4 is 10.2 Å². The molecule has 0 aliphatic carbocycles. The molecule has 0 saturated heterocycles. The van der Waals surface area contributed by atoms with Gasteiger partial charge in [-0.1, -0.05) is 12.1 Å². The van der Waals surface area contributed by atoms with Crippen LogP contribution in [0.5, 0.6) is 0 Å². The van der Waals surface area contributed by atoms with Crippen LogP contribution in [0.1, 0.15) is 5.56 Å². The van der Waals surface area contributed by atoms with E-state index in [0.29, 0.717) is 0 Å². The van der Waals surface area contributed by atoms with Gasteiger partial charge in [-0.3, -0.25) is 0 Å². The Labute approximate surface area is 106 Å². The summed E-state index contributed by atoms with van der Waals surface area (Å²) in [6, 6.07) is 4.30. The molecule has 0 aromatic heterocycles. The fraction of sp³-hybridized carbons (Fsp3) is 0.400. The Balaban J connectivity index is 2.65. The van der Waals surface area contributed by atoms with Crippen LogP contribution in [0.25, 0.3) is 0 Å². The Morgan fingerprint density at radius 3 is 2.42 bits per heavy atom. The lowest BCUT2D eigenvalue weighted by atomic mass is 10.2. The first-order valence-electron chi connectivity index (χ1n) is 4.90. The number of halogens is 5. The SMILES string of the molecule is O=S(=O)(F)c1cccc(COCC(F)(F)C(F)F)c1. The summed E-state index contributed by atoms with van der Waals surface area (Å²) in [5.41, 5.74) is 0.0730. The van der Waals surface area contributed by atoms with E-state index in [-0.39, 0.29) is 5.56 Å². The third-order valence-electron chi connectivity index (χ3n) is 2.06. The zero-order chi connectivity index (χ0) is 14.7. The van der Waals surface area contributed by atoms with E-state index < -0.39 is 40.7 Å². The van der Waals surface area contributed by atoms with Gasteiger partial charge in [0.25, 0.3) is 0 Å². The van der Waals surface area contributed by atoms with Crippen molar-refractivity contribution in [3.8, 4) is 0 Å². The van der Waals surface area contributed by atoms with E-state index in [1.807, 2.05) is 0 Å². The molecule has 0 bridgehead atoms. The number of ether oxygens (including phenoxy) is 1. The predicted molar refractivity (Wildman–Crippen MR) is 55.3 cm³/mol. The van der Waals surface area contributed by atoms with Crippen molar-refractivity contribution in [2.75, 3.05) is 6.61 Å². The summed E-state index contributed by atoms with van der Waals surface area (Å²) in [4.78, 5) is -0.658. The zero-order valence-corrected chi connectivity index (χ0v) is 10.1. The molecule has 19 heavy (non-hydrogen) atoms. The van der Waals surface area contributed by atoms with Crippen molar-refractivity contribution in [1.82, 2.24) is 0 Å². The minimum absolute atomic E-state index is 0.0730. The summed E-state index contributed by atoms with van der Waals surface area (Å²) in [5.74, 6) is -4.29. The van der Waals surface area contributed by atoms with E-state index in [0.717, 1.165) is 12.1 Å². The molecule has 0 unspecified atom stereocenters. The summed E-state index contributed by atoms with van der Waals surface area (Å²) in [6.45, 7) is -2.05. The molecule has 9 heteroatoms. The van der Waals surface area contributed by atoms with Gasteiger partial charge >= 0.3 is 22.6 Å². The van der Waals surface area contributed by atoms with E-state index in [4.69, 9.17) is 0 Å². The van der Waals surface area contributed by atoms with Crippen LogP contribution in [-0.2, 0) is 21.6 Å². The Hall–Kier alpha value is -1.22. The highest BCUT2D eigenvalue weighted by atomic mass is 32.3. The van der Waals surface area contributed by atoms with E-state index in [1.165, 1.54) is 12.1 Å². The standard InChI is InChI=1S/C10H9F5O3S/c11-9(12)10(13,14)6-18-5-7-2-1-3-8(4-7)19(15,16)17/h1-4,9H,5-6H2. The predicted octanol–water partition coefficient (Wildman–Crippen LogP) is 2.76. The molecule has 0 aliphatic heterocycles. The first-order valence-corrected chi connectivity index (χ1v) is 6.28. The van der Waals surface area contributed by atoms with E-state index in [1.54, 1.807) is 0 Å². The lowest BCUT2D eigenvalue weighted by molar-refractivity contribution is -0.168. The Morgan fingerprint density at radius 1 is 1.26 bits per heavy atom. The number of hydrogen-bond acceptors (Lipinski definition) is 3. The lowest BCUT2D eigenvalue weighted by Gasteiger charge is -2.15. The molecule has 0 fully saturated rings. The molecular formula is C10H9F5O3S. The highest BCUT2D eigenvalue weighted by Gasteiger charge is 2.40. The zero-order valence-electron chi connectivity index (χ0n) is 9.32. The topological polar surface area (TPSA) is 43.4 Å². The minimum atomic E-state index is -4.92. The average Bonchev–Trinajstić information content (AvgIpc) is 2.28. The third-order valence-corrected chi connectivity index (χ3v) is 2.88. The lowest BCUT2D eigenvalue weighted by Crippen LogP contribution is -2.32. The molecule has 0 radical (unpaired) electrons. The molecule has 3 nitrogen and oxygen atoms in total. The second-order valence-corrected chi connectivity index (χ2v) is 4.99. The number of alkyl halides is 4. The van der Waals surface area contributed by atoms with E-state index in [9.17, 15) is 29.9 Å². The molecule has 108 valence electrons. The van der Waals surface area contributed by atoms with Gasteiger partial charge in [-0.05, 0) is 17.7 Å². The van der Waals surface area contributed by atoms with Crippen LogP contribution in [0.4, 0.5) is 21.4 Å². The van der Waals surface area contributed by atoms with Crippen molar-refractivity contribution in [2.45, 2.75) is 23.9 Å². The van der Waals surface area contributed by atoms with Gasteiger partial charge < -0.3 is 4.74 Å². The second kappa shape index (κ2) is 5.83. The van der Waals surface area contributed by atoms with Crippen LogP contribution in [-0.4, -0.2) is 27.4 Å². The molecule has 1 aromatic rings. The van der Waals surface area contributed by atoms with Gasteiger partial charge in [0.2, 0.25) is 0 Å². The maximum absolute atomic E-state index is 12.6. The van der Waals surface area contributed by atoms with Gasteiger partial charge in [0.15, 0.2) is 0 Å². The Bertz CT molecular complexity index is 530. The average molecular weight is 304 g/mol. The largest absolute Gasteiger partial charge is 0.370 e. The Kier molecular flexibility index (Phi) is 4.86.